The predicted octanol–water partition coefficient (Wildman–Crippen LogP) is 5.91. The van der Waals surface area contributed by atoms with Gasteiger partial charge in [-0.2, -0.15) is 5.26 Å². The molecule has 0 amide bonds. The minimum atomic E-state index is -0.220. The van der Waals surface area contributed by atoms with Gasteiger partial charge in [0.1, 0.15) is 0 Å². The predicted molar refractivity (Wildman–Crippen MR) is 107 cm³/mol. The zero-order valence-electron chi connectivity index (χ0n) is 13.4. The second-order valence-electron chi connectivity index (χ2n) is 5.61. The molecule has 0 aliphatic carbocycles. The van der Waals surface area contributed by atoms with Gasteiger partial charge in [-0.25, -0.2) is 0 Å². The lowest BCUT2D eigenvalue weighted by atomic mass is 9.86. The highest BCUT2D eigenvalue weighted by Gasteiger charge is 2.26. The molecule has 1 aliphatic heterocycles. The van der Waals surface area contributed by atoms with Gasteiger partial charge in [0.25, 0.3) is 0 Å². The van der Waals surface area contributed by atoms with E-state index in [4.69, 9.17) is 11.6 Å². The van der Waals surface area contributed by atoms with E-state index in [9.17, 15) is 10.1 Å². The van der Waals surface area contributed by atoms with Crippen LogP contribution in [0.4, 0.5) is 0 Å². The van der Waals surface area contributed by atoms with Crippen molar-refractivity contribution >= 4 is 40.9 Å². The number of Topliss-reactive ketones (excluding diaryl/α,β-unsaturated/α-hetero) is 1. The summed E-state index contributed by atoms with van der Waals surface area (Å²) in [4.78, 5) is 12.8. The largest absolute Gasteiger partial charge is 0.294 e. The smallest absolute Gasteiger partial charge is 0.163 e. The van der Waals surface area contributed by atoms with Crippen molar-refractivity contribution in [3.63, 3.8) is 0 Å². The number of carbonyl (C=O) groups is 1. The van der Waals surface area contributed by atoms with Gasteiger partial charge in [-0.1, -0.05) is 41.9 Å². The fourth-order valence-corrected chi connectivity index (χ4v) is 5.43. The lowest BCUT2D eigenvalue weighted by Crippen LogP contribution is -2.10. The van der Waals surface area contributed by atoms with E-state index in [-0.39, 0.29) is 18.1 Å². The first kappa shape index (κ1) is 18.1. The van der Waals surface area contributed by atoms with Gasteiger partial charge < -0.3 is 0 Å². The summed E-state index contributed by atoms with van der Waals surface area (Å²) in [5.74, 6) is 1.82. The molecule has 1 fully saturated rings. The maximum absolute atomic E-state index is 12.8. The van der Waals surface area contributed by atoms with E-state index in [1.807, 2.05) is 30.3 Å². The molecule has 1 unspecified atom stereocenters. The highest BCUT2D eigenvalue weighted by Crippen LogP contribution is 2.43. The van der Waals surface area contributed by atoms with Crippen LogP contribution in [-0.4, -0.2) is 17.3 Å². The average Bonchev–Trinajstić information content (AvgIpc) is 3.17. The molecular weight excluding hydrogens is 370 g/mol. The Bertz CT molecular complexity index is 817. The highest BCUT2D eigenvalue weighted by atomic mass is 35.5. The number of nitriles is 1. The molecule has 2 aromatic rings. The summed E-state index contributed by atoms with van der Waals surface area (Å²) in [5.41, 5.74) is 2.34. The molecule has 0 spiro atoms. The summed E-state index contributed by atoms with van der Waals surface area (Å²) < 4.78 is 1.06. The number of ketones is 1. The quantitative estimate of drug-likeness (QED) is 0.473. The third kappa shape index (κ3) is 4.49. The lowest BCUT2D eigenvalue weighted by molar-refractivity contribution is 0.0977. The first-order chi connectivity index (χ1) is 12.2. The zero-order chi connectivity index (χ0) is 17.6. The van der Waals surface area contributed by atoms with E-state index in [0.29, 0.717) is 16.2 Å². The van der Waals surface area contributed by atoms with Crippen molar-refractivity contribution in [2.45, 2.75) is 12.3 Å². The van der Waals surface area contributed by atoms with Crippen molar-refractivity contribution in [1.29, 1.82) is 5.26 Å². The van der Waals surface area contributed by atoms with Gasteiger partial charge in [-0.05, 0) is 29.8 Å². The number of halogens is 1. The summed E-state index contributed by atoms with van der Waals surface area (Å²) >= 11 is 9.34. The fraction of sp³-hybridized carbons (Fsp3) is 0.200. The Labute approximate surface area is 161 Å². The molecule has 0 aromatic heterocycles. The van der Waals surface area contributed by atoms with Gasteiger partial charge in [-0.3, -0.25) is 4.79 Å². The molecule has 1 aliphatic rings. The molecule has 0 saturated carbocycles. The highest BCUT2D eigenvalue weighted by molar-refractivity contribution is 8.25. The topological polar surface area (TPSA) is 40.9 Å². The van der Waals surface area contributed by atoms with E-state index in [1.54, 1.807) is 47.8 Å². The number of benzene rings is 2. The van der Waals surface area contributed by atoms with E-state index in [2.05, 4.69) is 6.07 Å². The first-order valence-corrected chi connectivity index (χ1v) is 10.3. The number of rotatable bonds is 5. The third-order valence-corrected chi connectivity index (χ3v) is 6.99. The van der Waals surface area contributed by atoms with Gasteiger partial charge in [0.05, 0.1) is 15.9 Å². The van der Waals surface area contributed by atoms with Gasteiger partial charge >= 0.3 is 0 Å². The van der Waals surface area contributed by atoms with Crippen LogP contribution in [0.1, 0.15) is 28.3 Å². The van der Waals surface area contributed by atoms with Crippen LogP contribution < -0.4 is 0 Å². The Balaban J connectivity index is 1.94. The molecule has 25 heavy (non-hydrogen) atoms. The molecular formula is C20H16ClNOS2. The van der Waals surface area contributed by atoms with E-state index in [1.165, 1.54) is 0 Å². The molecule has 2 nitrogen and oxygen atoms in total. The van der Waals surface area contributed by atoms with Gasteiger partial charge in [0, 0.05) is 34.4 Å². The summed E-state index contributed by atoms with van der Waals surface area (Å²) in [6, 6.07) is 19.1. The number of carbonyl (C=O) groups excluding carboxylic acids is 1. The van der Waals surface area contributed by atoms with Crippen LogP contribution in [0.3, 0.4) is 0 Å². The molecule has 0 bridgehead atoms. The van der Waals surface area contributed by atoms with Crippen molar-refractivity contribution in [2.75, 3.05) is 11.5 Å². The number of thioether (sulfide) groups is 2. The molecule has 2 aromatic carbocycles. The van der Waals surface area contributed by atoms with Crippen molar-refractivity contribution in [3.8, 4) is 6.07 Å². The lowest BCUT2D eigenvalue weighted by Gasteiger charge is -2.17. The fourth-order valence-electron chi connectivity index (χ4n) is 2.74. The molecule has 1 atom stereocenters. The average molecular weight is 386 g/mol. The van der Waals surface area contributed by atoms with Gasteiger partial charge in [0.15, 0.2) is 5.78 Å². The van der Waals surface area contributed by atoms with Crippen LogP contribution in [0.25, 0.3) is 0 Å². The number of nitrogens with zero attached hydrogens (tertiary/aromatic N) is 1. The van der Waals surface area contributed by atoms with Gasteiger partial charge in [0.2, 0.25) is 0 Å². The number of hydrogen-bond donors (Lipinski definition) is 0. The summed E-state index contributed by atoms with van der Waals surface area (Å²) in [7, 11) is 0. The standard InChI is InChI=1S/C20H16ClNOS2/c21-16-8-6-15(7-9-16)19(23)12-17(14-4-2-1-3-5-14)18(13-22)20-24-10-11-25-20/h1-9,17H,10-12H2. The molecule has 0 N–H and O–H groups in total. The third-order valence-electron chi connectivity index (χ3n) is 4.00. The van der Waals surface area contributed by atoms with Crippen molar-refractivity contribution < 1.29 is 4.79 Å². The van der Waals surface area contributed by atoms with Gasteiger partial charge in [-0.15, -0.1) is 23.5 Å². The Hall–Kier alpha value is -1.67. The summed E-state index contributed by atoms with van der Waals surface area (Å²) in [6.45, 7) is 0. The van der Waals surface area contributed by atoms with Crippen LogP contribution in [0.2, 0.25) is 5.02 Å². The zero-order valence-corrected chi connectivity index (χ0v) is 15.8. The van der Waals surface area contributed by atoms with Crippen molar-refractivity contribution in [1.82, 2.24) is 0 Å². The molecule has 3 rings (SSSR count). The number of hydrogen-bond acceptors (Lipinski definition) is 4. The first-order valence-electron chi connectivity index (χ1n) is 7.92. The Morgan fingerprint density at radius 1 is 1.08 bits per heavy atom. The van der Waals surface area contributed by atoms with Crippen LogP contribution in [0, 0.1) is 11.3 Å². The van der Waals surface area contributed by atoms with Crippen molar-refractivity contribution in [3.05, 3.63) is 80.6 Å². The van der Waals surface area contributed by atoms with Crippen molar-refractivity contribution in [2.24, 2.45) is 0 Å². The Kier molecular flexibility index (Phi) is 6.25. The monoisotopic (exact) mass is 385 g/mol. The Morgan fingerprint density at radius 2 is 1.72 bits per heavy atom. The van der Waals surface area contributed by atoms with Crippen LogP contribution in [-0.2, 0) is 0 Å². The molecule has 1 heterocycles. The maximum atomic E-state index is 12.8. The maximum Gasteiger partial charge on any atom is 0.163 e. The SMILES string of the molecule is N#CC(=C1SCCS1)C(CC(=O)c1ccc(Cl)cc1)c1ccccc1. The van der Waals surface area contributed by atoms with Crippen LogP contribution in [0.15, 0.2) is 64.4 Å². The normalized spacial score (nSPS) is 14.8. The second-order valence-corrected chi connectivity index (χ2v) is 8.51. The minimum absolute atomic E-state index is 0.0202. The number of allylic oxidation sites excluding steroid dienone is 1. The van der Waals surface area contributed by atoms with Crippen LogP contribution in [0.5, 0.6) is 0 Å². The minimum Gasteiger partial charge on any atom is -0.294 e. The molecule has 5 heteroatoms. The van der Waals surface area contributed by atoms with Crippen LogP contribution >= 0.6 is 35.1 Å². The molecule has 1 saturated heterocycles. The summed E-state index contributed by atoms with van der Waals surface area (Å²) in [6.07, 6.45) is 0.277. The Morgan fingerprint density at radius 3 is 2.32 bits per heavy atom. The van der Waals surface area contributed by atoms with E-state index < -0.39 is 0 Å². The van der Waals surface area contributed by atoms with E-state index >= 15 is 0 Å². The molecule has 0 radical (unpaired) electrons. The summed E-state index contributed by atoms with van der Waals surface area (Å²) in [5, 5.41) is 10.4. The second kappa shape index (κ2) is 8.62. The van der Waals surface area contributed by atoms with E-state index in [0.717, 1.165) is 21.3 Å². The molecule has 126 valence electrons.